The summed E-state index contributed by atoms with van der Waals surface area (Å²) in [5.74, 6) is -0.567. The predicted molar refractivity (Wildman–Crippen MR) is 81.3 cm³/mol. The van der Waals surface area contributed by atoms with E-state index in [1.165, 1.54) is 24.2 Å². The summed E-state index contributed by atoms with van der Waals surface area (Å²) in [6.45, 7) is 0.643. The Kier molecular flexibility index (Phi) is 3.99. The maximum Gasteiger partial charge on any atom is 0.260 e. The van der Waals surface area contributed by atoms with Crippen molar-refractivity contribution in [2.24, 2.45) is 11.7 Å². The highest BCUT2D eigenvalue weighted by molar-refractivity contribution is 7.12. The maximum atomic E-state index is 12.5. The summed E-state index contributed by atoms with van der Waals surface area (Å²) >= 11 is 1.25. The normalized spacial score (nSPS) is 24.1. The van der Waals surface area contributed by atoms with Gasteiger partial charge in [-0.3, -0.25) is 9.59 Å². The highest BCUT2D eigenvalue weighted by Crippen LogP contribution is 2.42. The molecule has 0 radical (unpaired) electrons. The van der Waals surface area contributed by atoms with Crippen molar-refractivity contribution in [2.45, 2.75) is 44.1 Å². The van der Waals surface area contributed by atoms with E-state index in [9.17, 15) is 9.59 Å². The Hall–Kier alpha value is -1.40. The molecular weight excluding hydrogens is 288 g/mol. The van der Waals surface area contributed by atoms with Crippen LogP contribution in [0.2, 0.25) is 0 Å². The van der Waals surface area contributed by atoms with Crippen LogP contribution in [0.3, 0.4) is 0 Å². The molecule has 2 aliphatic rings. The summed E-state index contributed by atoms with van der Waals surface area (Å²) in [5.41, 5.74) is 5.76. The zero-order valence-electron chi connectivity index (χ0n) is 11.9. The smallest absolute Gasteiger partial charge is 0.260 e. The SMILES string of the molecule is NC(=O)c1sccc1NC(=O)[C@H]1CCOC2(CCCC2)C1. The van der Waals surface area contributed by atoms with E-state index in [0.717, 1.165) is 25.7 Å². The van der Waals surface area contributed by atoms with Crippen molar-refractivity contribution in [2.75, 3.05) is 11.9 Å². The van der Waals surface area contributed by atoms with E-state index in [1.807, 2.05) is 0 Å². The summed E-state index contributed by atoms with van der Waals surface area (Å²) in [4.78, 5) is 24.2. The molecule has 1 spiro atoms. The lowest BCUT2D eigenvalue weighted by Gasteiger charge is -2.37. The van der Waals surface area contributed by atoms with Gasteiger partial charge in [0.15, 0.2) is 0 Å². The van der Waals surface area contributed by atoms with Gasteiger partial charge in [0, 0.05) is 12.5 Å². The lowest BCUT2D eigenvalue weighted by atomic mass is 9.84. The summed E-state index contributed by atoms with van der Waals surface area (Å²) in [6.07, 6.45) is 6.01. The quantitative estimate of drug-likeness (QED) is 0.900. The van der Waals surface area contributed by atoms with Gasteiger partial charge in [-0.05, 0) is 37.1 Å². The van der Waals surface area contributed by atoms with E-state index in [-0.39, 0.29) is 17.4 Å². The molecule has 2 heterocycles. The van der Waals surface area contributed by atoms with Crippen LogP contribution in [0.25, 0.3) is 0 Å². The Bertz CT molecular complexity index is 549. The van der Waals surface area contributed by atoms with E-state index >= 15 is 0 Å². The molecular formula is C15H20N2O3S. The standard InChI is InChI=1S/C15H20N2O3S/c16-13(18)12-11(4-8-21-12)17-14(19)10-3-7-20-15(9-10)5-1-2-6-15/h4,8,10H,1-3,5-7,9H2,(H2,16,18)(H,17,19)/t10-/m0/s1. The lowest BCUT2D eigenvalue weighted by molar-refractivity contribution is -0.133. The Balaban J connectivity index is 1.67. The summed E-state index contributed by atoms with van der Waals surface area (Å²) in [7, 11) is 0. The van der Waals surface area contributed by atoms with E-state index in [0.29, 0.717) is 17.2 Å². The third-order valence-electron chi connectivity index (χ3n) is 4.53. The number of nitrogens with two attached hydrogens (primary N) is 1. The molecule has 0 aromatic carbocycles. The molecule has 1 atom stereocenters. The number of rotatable bonds is 3. The van der Waals surface area contributed by atoms with Gasteiger partial charge in [0.2, 0.25) is 5.91 Å². The van der Waals surface area contributed by atoms with Crippen molar-refractivity contribution in [1.29, 1.82) is 0 Å². The molecule has 6 heteroatoms. The Morgan fingerprint density at radius 2 is 2.14 bits per heavy atom. The van der Waals surface area contributed by atoms with Gasteiger partial charge < -0.3 is 15.8 Å². The van der Waals surface area contributed by atoms with Crippen molar-refractivity contribution < 1.29 is 14.3 Å². The molecule has 1 aromatic heterocycles. The van der Waals surface area contributed by atoms with Crippen molar-refractivity contribution in [1.82, 2.24) is 0 Å². The first kappa shape index (κ1) is 14.5. The minimum atomic E-state index is -0.500. The van der Waals surface area contributed by atoms with Crippen LogP contribution in [0.1, 0.15) is 48.2 Å². The van der Waals surface area contributed by atoms with Gasteiger partial charge in [-0.1, -0.05) is 12.8 Å². The molecule has 1 aromatic rings. The molecule has 1 saturated carbocycles. The average molecular weight is 308 g/mol. The topological polar surface area (TPSA) is 81.4 Å². The van der Waals surface area contributed by atoms with E-state index in [4.69, 9.17) is 10.5 Å². The predicted octanol–water partition coefficient (Wildman–Crippen LogP) is 2.52. The number of thiophene rings is 1. The van der Waals surface area contributed by atoms with E-state index in [1.54, 1.807) is 11.4 Å². The number of hydrogen-bond donors (Lipinski definition) is 2. The highest BCUT2D eigenvalue weighted by atomic mass is 32.1. The molecule has 2 amide bonds. The van der Waals surface area contributed by atoms with Crippen LogP contribution in [0.5, 0.6) is 0 Å². The number of primary amides is 1. The maximum absolute atomic E-state index is 12.5. The van der Waals surface area contributed by atoms with Gasteiger partial charge in [-0.15, -0.1) is 11.3 Å². The van der Waals surface area contributed by atoms with Crippen LogP contribution in [-0.2, 0) is 9.53 Å². The second-order valence-electron chi connectivity index (χ2n) is 5.95. The Morgan fingerprint density at radius 1 is 1.38 bits per heavy atom. The zero-order valence-corrected chi connectivity index (χ0v) is 12.7. The molecule has 3 rings (SSSR count). The molecule has 1 aliphatic carbocycles. The third kappa shape index (κ3) is 2.96. The minimum Gasteiger partial charge on any atom is -0.375 e. The molecule has 1 aliphatic heterocycles. The van der Waals surface area contributed by atoms with Gasteiger partial charge >= 0.3 is 0 Å². The van der Waals surface area contributed by atoms with Crippen LogP contribution in [0, 0.1) is 5.92 Å². The van der Waals surface area contributed by atoms with Crippen LogP contribution in [0.4, 0.5) is 5.69 Å². The van der Waals surface area contributed by atoms with Gasteiger partial charge in [-0.25, -0.2) is 0 Å². The molecule has 1 saturated heterocycles. The van der Waals surface area contributed by atoms with Crippen molar-refractivity contribution in [3.63, 3.8) is 0 Å². The van der Waals surface area contributed by atoms with Gasteiger partial charge in [0.05, 0.1) is 11.3 Å². The molecule has 3 N–H and O–H groups in total. The van der Waals surface area contributed by atoms with Crippen LogP contribution in [0.15, 0.2) is 11.4 Å². The second-order valence-corrected chi connectivity index (χ2v) is 6.86. The molecule has 5 nitrogen and oxygen atoms in total. The average Bonchev–Trinajstić information content (AvgIpc) is 3.09. The van der Waals surface area contributed by atoms with Gasteiger partial charge in [0.25, 0.3) is 5.91 Å². The minimum absolute atomic E-state index is 0.0227. The number of ether oxygens (including phenoxy) is 1. The third-order valence-corrected chi connectivity index (χ3v) is 5.45. The van der Waals surface area contributed by atoms with E-state index < -0.39 is 5.91 Å². The summed E-state index contributed by atoms with van der Waals surface area (Å²) in [5, 5.41) is 4.63. The highest BCUT2D eigenvalue weighted by Gasteiger charge is 2.42. The largest absolute Gasteiger partial charge is 0.375 e. The molecule has 0 bridgehead atoms. The fourth-order valence-electron chi connectivity index (χ4n) is 3.45. The Labute approximate surface area is 127 Å². The number of hydrogen-bond acceptors (Lipinski definition) is 4. The van der Waals surface area contributed by atoms with Gasteiger partial charge in [-0.2, -0.15) is 0 Å². The summed E-state index contributed by atoms with van der Waals surface area (Å²) in [6, 6.07) is 1.73. The van der Waals surface area contributed by atoms with Crippen molar-refractivity contribution in [3.05, 3.63) is 16.3 Å². The zero-order chi connectivity index (χ0) is 14.9. The molecule has 2 fully saturated rings. The molecule has 21 heavy (non-hydrogen) atoms. The van der Waals surface area contributed by atoms with Crippen molar-refractivity contribution in [3.8, 4) is 0 Å². The van der Waals surface area contributed by atoms with Crippen molar-refractivity contribution >= 4 is 28.8 Å². The number of nitrogens with one attached hydrogen (secondary N) is 1. The Morgan fingerprint density at radius 3 is 2.86 bits per heavy atom. The first-order valence-corrected chi connectivity index (χ1v) is 8.30. The van der Waals surface area contributed by atoms with Crippen LogP contribution < -0.4 is 11.1 Å². The lowest BCUT2D eigenvalue weighted by Crippen LogP contribution is -2.41. The van der Waals surface area contributed by atoms with Crippen LogP contribution >= 0.6 is 11.3 Å². The number of amides is 2. The fourth-order valence-corrected chi connectivity index (χ4v) is 4.16. The van der Waals surface area contributed by atoms with Gasteiger partial charge in [0.1, 0.15) is 4.88 Å². The molecule has 0 unspecified atom stereocenters. The fraction of sp³-hybridized carbons (Fsp3) is 0.600. The number of carbonyl (C=O) groups excluding carboxylic acids is 2. The van der Waals surface area contributed by atoms with E-state index in [2.05, 4.69) is 5.32 Å². The first-order chi connectivity index (χ1) is 10.1. The number of carbonyl (C=O) groups is 2. The number of anilines is 1. The molecule has 114 valence electrons. The monoisotopic (exact) mass is 308 g/mol. The second kappa shape index (κ2) is 5.77. The first-order valence-electron chi connectivity index (χ1n) is 7.42. The summed E-state index contributed by atoms with van der Waals surface area (Å²) < 4.78 is 5.95. The van der Waals surface area contributed by atoms with Crippen LogP contribution in [-0.4, -0.2) is 24.0 Å².